The Balaban J connectivity index is 1.43. The maximum atomic E-state index is 12.7. The van der Waals surface area contributed by atoms with Crippen LogP contribution in [0.2, 0.25) is 0 Å². The second kappa shape index (κ2) is 8.73. The maximum Gasteiger partial charge on any atom is 0.257 e. The van der Waals surface area contributed by atoms with Crippen LogP contribution in [-0.2, 0) is 22.6 Å². The molecular formula is C22H22N4O4S. The minimum absolute atomic E-state index is 0.0874. The first-order chi connectivity index (χ1) is 14.9. The summed E-state index contributed by atoms with van der Waals surface area (Å²) in [6.07, 6.45) is 1.20. The SMILES string of the molecule is CCC(=O)N1CCc2cc(C(=O)Nc3nc(-c4ccc(CNC(C)=O)o4)cs3)ccc21. The lowest BCUT2D eigenvalue weighted by atomic mass is 10.1. The van der Waals surface area contributed by atoms with Crippen LogP contribution in [0.1, 0.15) is 41.9 Å². The van der Waals surface area contributed by atoms with Gasteiger partial charge in [-0.1, -0.05) is 6.92 Å². The molecule has 3 heterocycles. The molecule has 0 bridgehead atoms. The van der Waals surface area contributed by atoms with Crippen LogP contribution in [-0.4, -0.2) is 29.3 Å². The van der Waals surface area contributed by atoms with Crippen LogP contribution in [0.3, 0.4) is 0 Å². The van der Waals surface area contributed by atoms with Crippen LogP contribution < -0.4 is 15.5 Å². The Morgan fingerprint density at radius 3 is 2.84 bits per heavy atom. The molecule has 0 atom stereocenters. The van der Waals surface area contributed by atoms with E-state index in [0.717, 1.165) is 17.7 Å². The number of nitrogens with zero attached hydrogens (tertiary/aromatic N) is 2. The quantitative estimate of drug-likeness (QED) is 0.612. The maximum absolute atomic E-state index is 12.7. The van der Waals surface area contributed by atoms with Gasteiger partial charge in [-0.25, -0.2) is 4.98 Å². The molecule has 2 N–H and O–H groups in total. The summed E-state index contributed by atoms with van der Waals surface area (Å²) in [4.78, 5) is 41.9. The lowest BCUT2D eigenvalue weighted by molar-refractivity contribution is -0.119. The van der Waals surface area contributed by atoms with Gasteiger partial charge in [0.05, 0.1) is 6.54 Å². The second-order valence-corrected chi connectivity index (χ2v) is 8.02. The molecule has 0 unspecified atom stereocenters. The van der Waals surface area contributed by atoms with E-state index in [0.29, 0.717) is 47.4 Å². The van der Waals surface area contributed by atoms with Crippen molar-refractivity contribution in [3.05, 3.63) is 52.6 Å². The van der Waals surface area contributed by atoms with Crippen LogP contribution in [0, 0.1) is 0 Å². The summed E-state index contributed by atoms with van der Waals surface area (Å²) in [5, 5.41) is 7.76. The van der Waals surface area contributed by atoms with E-state index in [9.17, 15) is 14.4 Å². The Morgan fingerprint density at radius 1 is 1.23 bits per heavy atom. The third-order valence-electron chi connectivity index (χ3n) is 4.99. The first-order valence-electron chi connectivity index (χ1n) is 9.98. The van der Waals surface area contributed by atoms with Gasteiger partial charge in [0.1, 0.15) is 11.5 Å². The molecule has 0 saturated heterocycles. The molecule has 9 heteroatoms. The topological polar surface area (TPSA) is 105 Å². The number of fused-ring (bicyclic) bond motifs is 1. The van der Waals surface area contributed by atoms with Gasteiger partial charge in [-0.3, -0.25) is 19.7 Å². The number of thiazole rings is 1. The van der Waals surface area contributed by atoms with Crippen LogP contribution in [0.25, 0.3) is 11.5 Å². The van der Waals surface area contributed by atoms with E-state index >= 15 is 0 Å². The molecule has 3 amide bonds. The first-order valence-corrected chi connectivity index (χ1v) is 10.9. The number of anilines is 2. The van der Waals surface area contributed by atoms with Gasteiger partial charge in [-0.2, -0.15) is 0 Å². The highest BCUT2D eigenvalue weighted by Crippen LogP contribution is 2.30. The number of carbonyl (C=O) groups excluding carboxylic acids is 3. The molecule has 4 rings (SSSR count). The van der Waals surface area contributed by atoms with Crippen LogP contribution in [0.15, 0.2) is 40.1 Å². The number of rotatable bonds is 6. The van der Waals surface area contributed by atoms with Gasteiger partial charge in [0.2, 0.25) is 11.8 Å². The molecule has 2 aromatic heterocycles. The minimum atomic E-state index is -0.255. The molecule has 0 aliphatic carbocycles. The average Bonchev–Trinajstić information content (AvgIpc) is 3.50. The fourth-order valence-corrected chi connectivity index (χ4v) is 4.12. The summed E-state index contributed by atoms with van der Waals surface area (Å²) in [5.41, 5.74) is 3.01. The van der Waals surface area contributed by atoms with Crippen molar-refractivity contribution < 1.29 is 18.8 Å². The average molecular weight is 439 g/mol. The number of amides is 3. The number of aromatic nitrogens is 1. The monoisotopic (exact) mass is 438 g/mol. The highest BCUT2D eigenvalue weighted by Gasteiger charge is 2.24. The molecule has 0 fully saturated rings. The van der Waals surface area contributed by atoms with E-state index in [1.54, 1.807) is 28.5 Å². The highest BCUT2D eigenvalue weighted by molar-refractivity contribution is 7.14. The van der Waals surface area contributed by atoms with E-state index in [2.05, 4.69) is 15.6 Å². The van der Waals surface area contributed by atoms with Gasteiger partial charge in [-0.05, 0) is 42.3 Å². The fraction of sp³-hybridized carbons (Fsp3) is 0.273. The summed E-state index contributed by atoms with van der Waals surface area (Å²) in [7, 11) is 0. The number of hydrogen-bond acceptors (Lipinski definition) is 6. The fourth-order valence-electron chi connectivity index (χ4n) is 3.43. The third-order valence-corrected chi connectivity index (χ3v) is 5.75. The van der Waals surface area contributed by atoms with Gasteiger partial charge >= 0.3 is 0 Å². The largest absolute Gasteiger partial charge is 0.458 e. The predicted molar refractivity (Wildman–Crippen MR) is 118 cm³/mol. The number of carbonyl (C=O) groups is 3. The molecule has 1 aliphatic rings. The molecule has 0 saturated carbocycles. The van der Waals surface area contributed by atoms with Gasteiger partial charge in [0.25, 0.3) is 5.91 Å². The molecule has 31 heavy (non-hydrogen) atoms. The molecule has 1 aliphatic heterocycles. The van der Waals surface area contributed by atoms with Gasteiger partial charge in [-0.15, -0.1) is 11.3 Å². The van der Waals surface area contributed by atoms with Crippen molar-refractivity contribution in [3.8, 4) is 11.5 Å². The van der Waals surface area contributed by atoms with Crippen molar-refractivity contribution >= 4 is 39.9 Å². The Labute approximate surface area is 183 Å². The minimum Gasteiger partial charge on any atom is -0.458 e. The number of benzene rings is 1. The molecule has 1 aromatic carbocycles. The first kappa shape index (κ1) is 20.8. The van der Waals surface area contributed by atoms with Gasteiger partial charge in [0.15, 0.2) is 10.9 Å². The van der Waals surface area contributed by atoms with Crippen molar-refractivity contribution in [1.82, 2.24) is 10.3 Å². The number of hydrogen-bond donors (Lipinski definition) is 2. The summed E-state index contributed by atoms with van der Waals surface area (Å²) < 4.78 is 5.70. The van der Waals surface area contributed by atoms with Crippen LogP contribution in [0.4, 0.5) is 10.8 Å². The van der Waals surface area contributed by atoms with Crippen LogP contribution in [0.5, 0.6) is 0 Å². The standard InChI is InChI=1S/C22H22N4O4S/c1-3-20(28)26-9-8-14-10-15(4-6-18(14)26)21(29)25-22-24-17(12-31-22)19-7-5-16(30-19)11-23-13(2)27/h4-7,10,12H,3,8-9,11H2,1-2H3,(H,23,27)(H,24,25,29). The summed E-state index contributed by atoms with van der Waals surface area (Å²) >= 11 is 1.30. The van der Waals surface area contributed by atoms with Crippen molar-refractivity contribution in [2.24, 2.45) is 0 Å². The lowest BCUT2D eigenvalue weighted by Gasteiger charge is -2.16. The molecule has 160 valence electrons. The Kier molecular flexibility index (Phi) is 5.85. The Bertz CT molecular complexity index is 1150. The Hall–Kier alpha value is -3.46. The Morgan fingerprint density at radius 2 is 2.06 bits per heavy atom. The van der Waals surface area contributed by atoms with Crippen molar-refractivity contribution in [2.45, 2.75) is 33.2 Å². The molecule has 0 radical (unpaired) electrons. The van der Waals surface area contributed by atoms with E-state index in [1.165, 1.54) is 18.3 Å². The zero-order valence-corrected chi connectivity index (χ0v) is 18.0. The lowest BCUT2D eigenvalue weighted by Crippen LogP contribution is -2.27. The third kappa shape index (κ3) is 4.51. The summed E-state index contributed by atoms with van der Waals surface area (Å²) in [6, 6.07) is 8.95. The van der Waals surface area contributed by atoms with Crippen LogP contribution >= 0.6 is 11.3 Å². The molecule has 3 aromatic rings. The van der Waals surface area contributed by atoms with Gasteiger partial charge in [0, 0.05) is 36.5 Å². The van der Waals surface area contributed by atoms with E-state index in [1.807, 2.05) is 19.1 Å². The normalized spacial score (nSPS) is 12.5. The second-order valence-electron chi connectivity index (χ2n) is 7.16. The smallest absolute Gasteiger partial charge is 0.257 e. The summed E-state index contributed by atoms with van der Waals surface area (Å²) in [6.45, 7) is 4.25. The van der Waals surface area contributed by atoms with E-state index in [-0.39, 0.29) is 17.7 Å². The molecular weight excluding hydrogens is 416 g/mol. The number of nitrogens with one attached hydrogen (secondary N) is 2. The molecule has 0 spiro atoms. The zero-order chi connectivity index (χ0) is 22.0. The molecule has 8 nitrogen and oxygen atoms in total. The van der Waals surface area contributed by atoms with Crippen molar-refractivity contribution in [1.29, 1.82) is 0 Å². The number of furan rings is 1. The van der Waals surface area contributed by atoms with Crippen molar-refractivity contribution in [2.75, 3.05) is 16.8 Å². The van der Waals surface area contributed by atoms with E-state index < -0.39 is 0 Å². The van der Waals surface area contributed by atoms with Crippen molar-refractivity contribution in [3.63, 3.8) is 0 Å². The predicted octanol–water partition coefficient (Wildman–Crippen LogP) is 3.59. The zero-order valence-electron chi connectivity index (χ0n) is 17.2. The summed E-state index contributed by atoms with van der Waals surface area (Å²) in [5.74, 6) is 0.889. The highest BCUT2D eigenvalue weighted by atomic mass is 32.1. The van der Waals surface area contributed by atoms with Gasteiger partial charge < -0.3 is 14.6 Å². The van der Waals surface area contributed by atoms with E-state index in [4.69, 9.17) is 4.42 Å².